The number of fused-ring (bicyclic) bond motifs is 3. The highest BCUT2D eigenvalue weighted by Crippen LogP contribution is 2.40. The molecule has 2 aromatic heterocycles. The lowest BCUT2D eigenvalue weighted by Gasteiger charge is -2.18. The van der Waals surface area contributed by atoms with Crippen LogP contribution in [0, 0.1) is 5.92 Å². The average Bonchev–Trinajstić information content (AvgIpc) is 2.91. The number of rotatable bonds is 6. The van der Waals surface area contributed by atoms with Gasteiger partial charge in [-0.25, -0.2) is 9.97 Å². The molecule has 0 aliphatic heterocycles. The fourth-order valence-electron chi connectivity index (χ4n) is 2.95. The summed E-state index contributed by atoms with van der Waals surface area (Å²) in [5.74, 6) is 1.27. The maximum absolute atomic E-state index is 11.9. The van der Waals surface area contributed by atoms with Crippen LogP contribution in [0.25, 0.3) is 10.2 Å². The number of thioether (sulfide) groups is 1. The Balaban J connectivity index is 1.75. The molecule has 0 aromatic carbocycles. The molecule has 0 saturated heterocycles. The van der Waals surface area contributed by atoms with Crippen LogP contribution in [0.5, 0.6) is 0 Å². The van der Waals surface area contributed by atoms with Gasteiger partial charge < -0.3 is 5.32 Å². The number of hydrogen-bond donors (Lipinski definition) is 1. The number of aromatic nitrogens is 2. The zero-order valence-electron chi connectivity index (χ0n) is 13.7. The number of carbonyl (C=O) groups is 1. The molecule has 0 bridgehead atoms. The number of hydrogen-bond acceptors (Lipinski definition) is 5. The Labute approximate surface area is 145 Å². The Kier molecular flexibility index (Phi) is 5.54. The predicted octanol–water partition coefficient (Wildman–Crippen LogP) is 3.82. The van der Waals surface area contributed by atoms with E-state index in [2.05, 4.69) is 29.1 Å². The second-order valence-corrected chi connectivity index (χ2v) is 8.25. The first-order valence-electron chi connectivity index (χ1n) is 8.33. The van der Waals surface area contributed by atoms with Crippen molar-refractivity contribution in [2.75, 3.05) is 12.3 Å². The second-order valence-electron chi connectivity index (χ2n) is 6.20. The van der Waals surface area contributed by atoms with Crippen LogP contribution in [-0.4, -0.2) is 28.2 Å². The van der Waals surface area contributed by atoms with Gasteiger partial charge in [-0.3, -0.25) is 4.79 Å². The third-order valence-electron chi connectivity index (χ3n) is 4.25. The van der Waals surface area contributed by atoms with Crippen LogP contribution in [0.15, 0.2) is 11.4 Å². The molecule has 23 heavy (non-hydrogen) atoms. The molecule has 3 rings (SSSR count). The fourth-order valence-corrected chi connectivity index (χ4v) is 5.22. The normalized spacial score (nSPS) is 17.2. The minimum atomic E-state index is 0.0907. The molecule has 1 N–H and O–H groups in total. The SMILES string of the molecule is CCCCNC(=O)CSc1ncnc2sc3c(c12)CC[C@@H](C)C3. The Bertz CT molecular complexity index is 698. The van der Waals surface area contributed by atoms with E-state index < -0.39 is 0 Å². The summed E-state index contributed by atoms with van der Waals surface area (Å²) >= 11 is 3.34. The molecule has 124 valence electrons. The molecule has 0 saturated carbocycles. The van der Waals surface area contributed by atoms with Crippen molar-refractivity contribution in [2.24, 2.45) is 5.92 Å². The minimum Gasteiger partial charge on any atom is -0.355 e. The van der Waals surface area contributed by atoms with Crippen molar-refractivity contribution in [2.45, 2.75) is 51.0 Å². The monoisotopic (exact) mass is 349 g/mol. The van der Waals surface area contributed by atoms with Gasteiger partial charge in [0.1, 0.15) is 16.2 Å². The topological polar surface area (TPSA) is 54.9 Å². The zero-order chi connectivity index (χ0) is 16.2. The molecule has 1 atom stereocenters. The summed E-state index contributed by atoms with van der Waals surface area (Å²) in [5, 5.41) is 5.13. The molecular formula is C17H23N3OS2. The van der Waals surface area contributed by atoms with Gasteiger partial charge in [0.05, 0.1) is 5.75 Å². The van der Waals surface area contributed by atoms with E-state index in [0.717, 1.165) is 48.0 Å². The molecule has 0 radical (unpaired) electrons. The highest BCUT2D eigenvalue weighted by Gasteiger charge is 2.23. The van der Waals surface area contributed by atoms with Crippen molar-refractivity contribution in [1.82, 2.24) is 15.3 Å². The first kappa shape index (κ1) is 16.7. The summed E-state index contributed by atoms with van der Waals surface area (Å²) in [6, 6.07) is 0. The second kappa shape index (κ2) is 7.62. The van der Waals surface area contributed by atoms with Crippen molar-refractivity contribution in [3.05, 3.63) is 16.8 Å². The summed E-state index contributed by atoms with van der Waals surface area (Å²) in [6.07, 6.45) is 7.25. The summed E-state index contributed by atoms with van der Waals surface area (Å²) in [4.78, 5) is 23.4. The number of nitrogens with one attached hydrogen (secondary N) is 1. The smallest absolute Gasteiger partial charge is 0.230 e. The molecule has 0 fully saturated rings. The van der Waals surface area contributed by atoms with Gasteiger partial charge in [-0.1, -0.05) is 32.0 Å². The third-order valence-corrected chi connectivity index (χ3v) is 6.40. The van der Waals surface area contributed by atoms with Crippen molar-refractivity contribution in [1.29, 1.82) is 0 Å². The highest BCUT2D eigenvalue weighted by molar-refractivity contribution is 8.00. The standard InChI is InChI=1S/C17H23N3OS2/c1-3-4-7-18-14(21)9-22-16-15-12-6-5-11(2)8-13(12)23-17(15)20-10-19-16/h10-11H,3-9H2,1-2H3,(H,18,21)/t11-/m1/s1. The molecule has 6 heteroatoms. The number of thiophene rings is 1. The Morgan fingerprint density at radius 3 is 3.17 bits per heavy atom. The molecule has 4 nitrogen and oxygen atoms in total. The van der Waals surface area contributed by atoms with Gasteiger partial charge in [0.2, 0.25) is 5.91 Å². The summed E-state index contributed by atoms with van der Waals surface area (Å²) in [6.45, 7) is 5.20. The van der Waals surface area contributed by atoms with Crippen LogP contribution in [0.4, 0.5) is 0 Å². The average molecular weight is 350 g/mol. The van der Waals surface area contributed by atoms with Crippen LogP contribution in [0.3, 0.4) is 0 Å². The van der Waals surface area contributed by atoms with E-state index in [9.17, 15) is 4.79 Å². The van der Waals surface area contributed by atoms with Gasteiger partial charge in [0.15, 0.2) is 0 Å². The quantitative estimate of drug-likeness (QED) is 0.489. The van der Waals surface area contributed by atoms with E-state index in [1.54, 1.807) is 17.7 Å². The Morgan fingerprint density at radius 2 is 2.35 bits per heavy atom. The van der Waals surface area contributed by atoms with Gasteiger partial charge >= 0.3 is 0 Å². The molecule has 1 aliphatic carbocycles. The Hall–Kier alpha value is -1.14. The van der Waals surface area contributed by atoms with E-state index in [-0.39, 0.29) is 5.91 Å². The third kappa shape index (κ3) is 3.86. The molecule has 0 unspecified atom stereocenters. The summed E-state index contributed by atoms with van der Waals surface area (Å²) < 4.78 is 0. The van der Waals surface area contributed by atoms with Gasteiger partial charge in [0, 0.05) is 16.8 Å². The molecule has 2 heterocycles. The summed E-state index contributed by atoms with van der Waals surface area (Å²) in [5.41, 5.74) is 1.43. The largest absolute Gasteiger partial charge is 0.355 e. The number of amides is 1. The minimum absolute atomic E-state index is 0.0907. The van der Waals surface area contributed by atoms with Gasteiger partial charge in [-0.15, -0.1) is 11.3 Å². The Morgan fingerprint density at radius 1 is 1.48 bits per heavy atom. The molecule has 0 spiro atoms. The lowest BCUT2D eigenvalue weighted by atomic mass is 9.89. The first-order valence-corrected chi connectivity index (χ1v) is 10.1. The van der Waals surface area contributed by atoms with Crippen LogP contribution >= 0.6 is 23.1 Å². The van der Waals surface area contributed by atoms with E-state index in [4.69, 9.17) is 0 Å². The predicted molar refractivity (Wildman–Crippen MR) is 97.2 cm³/mol. The van der Waals surface area contributed by atoms with Crippen molar-refractivity contribution in [3.63, 3.8) is 0 Å². The van der Waals surface area contributed by atoms with Crippen LogP contribution in [-0.2, 0) is 17.6 Å². The highest BCUT2D eigenvalue weighted by atomic mass is 32.2. The lowest BCUT2D eigenvalue weighted by molar-refractivity contribution is -0.118. The number of carbonyl (C=O) groups excluding carboxylic acids is 1. The van der Waals surface area contributed by atoms with Gasteiger partial charge in [-0.2, -0.15) is 0 Å². The molecule has 2 aromatic rings. The summed E-state index contributed by atoms with van der Waals surface area (Å²) in [7, 11) is 0. The lowest BCUT2D eigenvalue weighted by Crippen LogP contribution is -2.26. The maximum atomic E-state index is 11.9. The van der Waals surface area contributed by atoms with E-state index in [1.807, 2.05) is 0 Å². The number of nitrogens with zero attached hydrogens (tertiary/aromatic N) is 2. The van der Waals surface area contributed by atoms with Crippen molar-refractivity contribution < 1.29 is 4.79 Å². The zero-order valence-corrected chi connectivity index (χ0v) is 15.4. The van der Waals surface area contributed by atoms with Crippen molar-refractivity contribution >= 4 is 39.2 Å². The maximum Gasteiger partial charge on any atom is 0.230 e. The molecule has 1 amide bonds. The van der Waals surface area contributed by atoms with Crippen LogP contribution in [0.1, 0.15) is 43.6 Å². The fraction of sp³-hybridized carbons (Fsp3) is 0.588. The molecular weight excluding hydrogens is 326 g/mol. The van der Waals surface area contributed by atoms with Gasteiger partial charge in [0.25, 0.3) is 0 Å². The van der Waals surface area contributed by atoms with Crippen LogP contribution in [0.2, 0.25) is 0 Å². The van der Waals surface area contributed by atoms with E-state index >= 15 is 0 Å². The van der Waals surface area contributed by atoms with Crippen molar-refractivity contribution in [3.8, 4) is 0 Å². The van der Waals surface area contributed by atoms with E-state index in [0.29, 0.717) is 5.75 Å². The van der Waals surface area contributed by atoms with E-state index in [1.165, 1.54) is 34.0 Å². The molecule has 1 aliphatic rings. The van der Waals surface area contributed by atoms with Crippen LogP contribution < -0.4 is 5.32 Å². The number of aryl methyl sites for hydroxylation is 1. The number of unbranched alkanes of at least 4 members (excludes halogenated alkanes) is 1. The van der Waals surface area contributed by atoms with Gasteiger partial charge in [-0.05, 0) is 37.2 Å². The first-order chi connectivity index (χ1) is 11.2.